The topological polar surface area (TPSA) is 174 Å². The number of aromatic hydroxyl groups is 1. The van der Waals surface area contributed by atoms with Gasteiger partial charge in [0, 0.05) is 71.4 Å². The van der Waals surface area contributed by atoms with Crippen LogP contribution >= 0.6 is 21.6 Å². The number of hydrogen-bond acceptors (Lipinski definition) is 11. The number of aliphatic hydroxyl groups excluding tert-OH is 4. The second-order valence-electron chi connectivity index (χ2n) is 16.3. The Morgan fingerprint density at radius 3 is 2.67 bits per heavy atom. The highest BCUT2D eigenvalue weighted by atomic mass is 33.1. The zero-order chi connectivity index (χ0) is 39.9. The standard InChI is InChI=1S/C45H59N3O7S2/c1-2-27-6-3-4-8-40(54-17-16-49)43-30(10-9-27)18-28-11-12-29-20-38(51)41(23-36(29)35(28)22-39(43)52)55-42-21-31(19-33-7-5-14-47-33)34-13-15-48-45(46)37(34)26-57-56-25-32(24-50)44(42)53/h5,7,13-15,18,20,23,27,30-32,35,39-40,42-44,47,49-53H,2-4,6,8,11-12,16-17,19,21-22,24-26H2,1H3,(H2,46,48). The fourth-order valence-corrected chi connectivity index (χ4v) is 12.1. The van der Waals surface area contributed by atoms with E-state index >= 15 is 0 Å². The average Bonchev–Trinajstić information content (AvgIpc) is 3.67. The van der Waals surface area contributed by atoms with Crippen LogP contribution in [-0.2, 0) is 23.3 Å². The largest absolute Gasteiger partial charge is 0.504 e. The van der Waals surface area contributed by atoms with E-state index in [9.17, 15) is 25.5 Å². The van der Waals surface area contributed by atoms with Crippen molar-refractivity contribution in [2.75, 3.05) is 31.3 Å². The predicted molar refractivity (Wildman–Crippen MR) is 227 cm³/mol. The molecule has 3 aliphatic carbocycles. The summed E-state index contributed by atoms with van der Waals surface area (Å²) < 4.78 is 13.1. The van der Waals surface area contributed by atoms with E-state index in [0.29, 0.717) is 42.5 Å². The van der Waals surface area contributed by atoms with Gasteiger partial charge in [-0.25, -0.2) is 4.98 Å². The molecule has 308 valence electrons. The number of pyridine rings is 1. The lowest BCUT2D eigenvalue weighted by Gasteiger charge is -2.35. The minimum atomic E-state index is -1.04. The molecule has 8 N–H and O–H groups in total. The molecular formula is C45H59N3O7S2. The van der Waals surface area contributed by atoms with E-state index in [0.717, 1.165) is 72.9 Å². The SMILES string of the molecule is CCC1C#CC2C=C3CCc4cc(O)c(OC5CC(Cc6ccc[nH]6)c6ccnc(N)c6CSSCC(CO)C5O)cc4C3CC(O)C2C(OCCO)CCCC1. The smallest absolute Gasteiger partial charge is 0.161 e. The van der Waals surface area contributed by atoms with Crippen molar-refractivity contribution in [3.63, 3.8) is 0 Å². The number of phenols is 1. The normalized spacial score (nSPS) is 30.7. The summed E-state index contributed by atoms with van der Waals surface area (Å²) in [6.07, 6.45) is 11.1. The van der Waals surface area contributed by atoms with Gasteiger partial charge in [-0.3, -0.25) is 0 Å². The summed E-state index contributed by atoms with van der Waals surface area (Å²) >= 11 is 0. The van der Waals surface area contributed by atoms with Gasteiger partial charge in [0.15, 0.2) is 11.5 Å². The van der Waals surface area contributed by atoms with Gasteiger partial charge < -0.3 is 45.7 Å². The number of aromatic nitrogens is 2. The molecule has 0 bridgehead atoms. The first-order chi connectivity index (χ1) is 27.8. The van der Waals surface area contributed by atoms with Crippen molar-refractivity contribution in [2.24, 2.45) is 23.7 Å². The monoisotopic (exact) mass is 817 g/mol. The number of benzene rings is 1. The van der Waals surface area contributed by atoms with Crippen molar-refractivity contribution >= 4 is 27.4 Å². The van der Waals surface area contributed by atoms with Crippen LogP contribution in [0.2, 0.25) is 0 Å². The van der Waals surface area contributed by atoms with Gasteiger partial charge in [0.25, 0.3) is 0 Å². The summed E-state index contributed by atoms with van der Waals surface area (Å²) in [4.78, 5) is 7.75. The Labute approximate surface area is 344 Å². The zero-order valence-corrected chi connectivity index (χ0v) is 34.5. The van der Waals surface area contributed by atoms with Crippen molar-refractivity contribution in [3.05, 3.63) is 82.3 Å². The summed E-state index contributed by atoms with van der Waals surface area (Å²) in [6.45, 7) is 2.12. The van der Waals surface area contributed by atoms with Crippen molar-refractivity contribution in [1.82, 2.24) is 9.97 Å². The third kappa shape index (κ3) is 9.84. The highest BCUT2D eigenvalue weighted by Crippen LogP contribution is 2.49. The fourth-order valence-electron chi connectivity index (χ4n) is 9.55. The van der Waals surface area contributed by atoms with E-state index in [1.54, 1.807) is 33.9 Å². The predicted octanol–water partition coefficient (Wildman–Crippen LogP) is 6.66. The summed E-state index contributed by atoms with van der Waals surface area (Å²) in [5.41, 5.74) is 12.8. The average molecular weight is 818 g/mol. The van der Waals surface area contributed by atoms with Crippen LogP contribution in [0, 0.1) is 35.5 Å². The van der Waals surface area contributed by atoms with Crippen LogP contribution in [0.5, 0.6) is 11.5 Å². The number of ether oxygens (including phenoxy) is 2. The molecular weight excluding hydrogens is 759 g/mol. The van der Waals surface area contributed by atoms with Crippen LogP contribution in [-0.4, -0.2) is 85.5 Å². The minimum absolute atomic E-state index is 0.000180. The molecule has 0 saturated heterocycles. The molecule has 10 atom stereocenters. The van der Waals surface area contributed by atoms with E-state index in [1.807, 2.05) is 30.5 Å². The van der Waals surface area contributed by atoms with Gasteiger partial charge in [0.05, 0.1) is 31.5 Å². The van der Waals surface area contributed by atoms with E-state index < -0.39 is 24.2 Å². The minimum Gasteiger partial charge on any atom is -0.504 e. The molecule has 3 aromatic rings. The molecule has 0 saturated carbocycles. The zero-order valence-electron chi connectivity index (χ0n) is 32.9. The van der Waals surface area contributed by atoms with Gasteiger partial charge in [-0.15, -0.1) is 0 Å². The van der Waals surface area contributed by atoms with E-state index in [2.05, 4.69) is 34.8 Å². The lowest BCUT2D eigenvalue weighted by molar-refractivity contribution is -0.0602. The first-order valence-corrected chi connectivity index (χ1v) is 23.3. The summed E-state index contributed by atoms with van der Waals surface area (Å²) in [5, 5.41) is 56.0. The molecule has 10 unspecified atom stereocenters. The molecule has 0 fully saturated rings. The third-order valence-electron chi connectivity index (χ3n) is 12.7. The highest BCUT2D eigenvalue weighted by molar-refractivity contribution is 8.76. The number of rotatable bonds is 9. The molecule has 10 nitrogen and oxygen atoms in total. The number of allylic oxidation sites excluding steroid dienone is 2. The quantitative estimate of drug-likeness (QED) is 0.0699. The number of anilines is 1. The van der Waals surface area contributed by atoms with Gasteiger partial charge in [-0.2, -0.15) is 0 Å². The number of aliphatic hydroxyl groups is 4. The first kappa shape index (κ1) is 42.0. The Bertz CT molecular complexity index is 1880. The van der Waals surface area contributed by atoms with Gasteiger partial charge in [0.2, 0.25) is 0 Å². The van der Waals surface area contributed by atoms with Gasteiger partial charge in [0.1, 0.15) is 11.9 Å². The third-order valence-corrected chi connectivity index (χ3v) is 15.1. The molecule has 3 heterocycles. The van der Waals surface area contributed by atoms with E-state index in [4.69, 9.17) is 15.2 Å². The second kappa shape index (κ2) is 19.7. The van der Waals surface area contributed by atoms with Crippen molar-refractivity contribution in [1.29, 1.82) is 0 Å². The molecule has 0 spiro atoms. The molecule has 0 radical (unpaired) electrons. The Kier molecular flexibility index (Phi) is 14.5. The second-order valence-corrected chi connectivity index (χ2v) is 18.8. The number of nitrogens with zero attached hydrogens (tertiary/aromatic N) is 1. The molecule has 12 heteroatoms. The maximum absolute atomic E-state index is 12.2. The Morgan fingerprint density at radius 2 is 1.88 bits per heavy atom. The lowest BCUT2D eigenvalue weighted by atomic mass is 9.76. The molecule has 1 aromatic carbocycles. The van der Waals surface area contributed by atoms with Crippen molar-refractivity contribution in [3.8, 4) is 23.3 Å². The van der Waals surface area contributed by atoms with Crippen LogP contribution in [0.1, 0.15) is 98.1 Å². The number of aryl methyl sites for hydroxylation is 1. The number of nitrogen functional groups attached to an aromatic ring is 1. The number of nitrogens with one attached hydrogen (secondary N) is 1. The molecule has 7 rings (SSSR count). The molecule has 1 aliphatic heterocycles. The number of hydrogen-bond donors (Lipinski definition) is 7. The molecule has 2 aromatic heterocycles. The Hall–Kier alpha value is -3.15. The van der Waals surface area contributed by atoms with Crippen molar-refractivity contribution < 1.29 is 35.0 Å². The number of H-pyrrole nitrogens is 1. The summed E-state index contributed by atoms with van der Waals surface area (Å²) in [5.74, 6) is 8.24. The number of nitrogens with two attached hydrogens (primary N) is 1. The number of phenolic OH excluding ortho intramolecular Hbond substituents is 1. The van der Waals surface area contributed by atoms with Crippen LogP contribution in [0.25, 0.3) is 0 Å². The Morgan fingerprint density at radius 1 is 1.02 bits per heavy atom. The van der Waals surface area contributed by atoms with Crippen LogP contribution in [0.4, 0.5) is 5.82 Å². The van der Waals surface area contributed by atoms with Crippen LogP contribution in [0.3, 0.4) is 0 Å². The van der Waals surface area contributed by atoms with Gasteiger partial charge in [-0.1, -0.05) is 64.8 Å². The van der Waals surface area contributed by atoms with Crippen LogP contribution in [0.15, 0.2) is 54.4 Å². The highest BCUT2D eigenvalue weighted by Gasteiger charge is 2.42. The summed E-state index contributed by atoms with van der Waals surface area (Å²) in [6, 6.07) is 9.73. The van der Waals surface area contributed by atoms with Crippen molar-refractivity contribution in [2.45, 2.75) is 113 Å². The molecule has 57 heavy (non-hydrogen) atoms. The first-order valence-electron chi connectivity index (χ1n) is 20.8. The summed E-state index contributed by atoms with van der Waals surface area (Å²) in [7, 11) is 3.22. The van der Waals surface area contributed by atoms with E-state index in [1.165, 1.54) is 5.57 Å². The van der Waals surface area contributed by atoms with Crippen LogP contribution < -0.4 is 10.5 Å². The van der Waals surface area contributed by atoms with Gasteiger partial charge >= 0.3 is 0 Å². The maximum Gasteiger partial charge on any atom is 0.161 e. The van der Waals surface area contributed by atoms with E-state index in [-0.39, 0.29) is 61.1 Å². The number of fused-ring (bicyclic) bond motifs is 5. The Balaban J connectivity index is 1.25. The maximum atomic E-state index is 12.2. The molecule has 4 aliphatic rings. The van der Waals surface area contributed by atoms with Gasteiger partial charge in [-0.05, 0) is 104 Å². The number of aromatic amines is 1. The lowest BCUT2D eigenvalue weighted by Crippen LogP contribution is -2.41. The molecule has 0 amide bonds. The fraction of sp³-hybridized carbons (Fsp3) is 0.578.